The average Bonchev–Trinajstić information content (AvgIpc) is 2.89. The fourth-order valence-electron chi connectivity index (χ4n) is 6.21. The maximum absolute atomic E-state index is 12.5. The van der Waals surface area contributed by atoms with Crippen LogP contribution >= 0.6 is 0 Å². The van der Waals surface area contributed by atoms with E-state index in [9.17, 15) is 23.4 Å². The number of alkyl halides is 3. The monoisotopic (exact) mass is 404 g/mol. The van der Waals surface area contributed by atoms with Crippen LogP contribution in [0.15, 0.2) is 12.2 Å². The van der Waals surface area contributed by atoms with Crippen LogP contribution in [0.3, 0.4) is 0 Å². The van der Waals surface area contributed by atoms with Crippen molar-refractivity contribution in [3.63, 3.8) is 0 Å². The van der Waals surface area contributed by atoms with Crippen LogP contribution in [0.2, 0.25) is 0 Å². The zero-order chi connectivity index (χ0) is 21.2. The summed E-state index contributed by atoms with van der Waals surface area (Å²) in [5, 5.41) is 20.6. The minimum Gasteiger partial charge on any atom is -0.393 e. The highest BCUT2D eigenvalue weighted by Gasteiger charge is 2.55. The first-order valence-electron chi connectivity index (χ1n) is 10.9. The van der Waals surface area contributed by atoms with Gasteiger partial charge in [-0.25, -0.2) is 0 Å². The summed E-state index contributed by atoms with van der Waals surface area (Å²) >= 11 is 0. The Labute approximate surface area is 168 Å². The molecule has 0 radical (unpaired) electrons. The van der Waals surface area contributed by atoms with Gasteiger partial charge in [-0.3, -0.25) is 0 Å². The molecule has 0 bridgehead atoms. The van der Waals surface area contributed by atoms with Crippen molar-refractivity contribution in [2.75, 3.05) is 0 Å². The van der Waals surface area contributed by atoms with Gasteiger partial charge in [0.15, 0.2) is 0 Å². The molecule has 0 saturated heterocycles. The fraction of sp³-hybridized carbons (Fsp3) is 0.913. The van der Waals surface area contributed by atoms with Crippen molar-refractivity contribution in [3.05, 3.63) is 12.2 Å². The molecule has 2 N–H and O–H groups in total. The average molecular weight is 405 g/mol. The second-order valence-corrected chi connectivity index (χ2v) is 10.5. The van der Waals surface area contributed by atoms with Crippen LogP contribution in [0, 0.1) is 22.7 Å². The van der Waals surface area contributed by atoms with Gasteiger partial charge in [-0.05, 0) is 81.5 Å². The van der Waals surface area contributed by atoms with Crippen LogP contribution in [0.1, 0.15) is 91.9 Å². The molecule has 2 nitrogen and oxygen atoms in total. The van der Waals surface area contributed by atoms with E-state index in [0.29, 0.717) is 24.7 Å². The third kappa shape index (κ3) is 5.98. The SMILES string of the molecule is CC(C)(O)CCC[C@](C)(C/C=C\CC(F)(F)F)[C@H]1CCC2[C@@H](O)CCC[C@@]21C. The topological polar surface area (TPSA) is 40.5 Å². The predicted molar refractivity (Wildman–Crippen MR) is 107 cm³/mol. The normalized spacial score (nSPS) is 33.8. The molecule has 0 aromatic rings. The minimum absolute atomic E-state index is 0.0546. The van der Waals surface area contributed by atoms with Crippen LogP contribution in [-0.4, -0.2) is 28.1 Å². The highest BCUT2D eigenvalue weighted by molar-refractivity contribution is 5.07. The maximum Gasteiger partial charge on any atom is 0.392 e. The van der Waals surface area contributed by atoms with Gasteiger partial charge in [-0.1, -0.05) is 38.8 Å². The molecule has 2 aliphatic carbocycles. The number of rotatable bonds is 8. The smallest absolute Gasteiger partial charge is 0.392 e. The molecule has 0 aromatic heterocycles. The zero-order valence-corrected chi connectivity index (χ0v) is 18.0. The van der Waals surface area contributed by atoms with Crippen molar-refractivity contribution >= 4 is 0 Å². The van der Waals surface area contributed by atoms with Crippen molar-refractivity contribution in [1.29, 1.82) is 0 Å². The summed E-state index contributed by atoms with van der Waals surface area (Å²) in [6, 6.07) is 0. The molecule has 28 heavy (non-hydrogen) atoms. The van der Waals surface area contributed by atoms with Crippen LogP contribution in [0.5, 0.6) is 0 Å². The molecule has 1 unspecified atom stereocenters. The van der Waals surface area contributed by atoms with Crippen molar-refractivity contribution in [1.82, 2.24) is 0 Å². The first-order chi connectivity index (χ1) is 12.8. The molecule has 5 atom stereocenters. The van der Waals surface area contributed by atoms with E-state index in [1.54, 1.807) is 19.9 Å². The molecule has 2 aliphatic rings. The highest BCUT2D eigenvalue weighted by Crippen LogP contribution is 2.62. The zero-order valence-electron chi connectivity index (χ0n) is 18.0. The number of hydrogen-bond acceptors (Lipinski definition) is 2. The molecule has 0 spiro atoms. The lowest BCUT2D eigenvalue weighted by atomic mass is 9.56. The van der Waals surface area contributed by atoms with Gasteiger partial charge < -0.3 is 10.2 Å². The lowest BCUT2D eigenvalue weighted by Crippen LogP contribution is -2.45. The van der Waals surface area contributed by atoms with Gasteiger partial charge in [0, 0.05) is 0 Å². The lowest BCUT2D eigenvalue weighted by molar-refractivity contribution is -0.125. The molecule has 2 rings (SSSR count). The van der Waals surface area contributed by atoms with Crippen molar-refractivity contribution in [2.24, 2.45) is 22.7 Å². The molecule has 0 heterocycles. The van der Waals surface area contributed by atoms with Crippen molar-refractivity contribution < 1.29 is 23.4 Å². The largest absolute Gasteiger partial charge is 0.393 e. The first-order valence-corrected chi connectivity index (χ1v) is 10.9. The van der Waals surface area contributed by atoms with Gasteiger partial charge >= 0.3 is 6.18 Å². The van der Waals surface area contributed by atoms with Gasteiger partial charge in [-0.15, -0.1) is 0 Å². The van der Waals surface area contributed by atoms with E-state index in [1.807, 2.05) is 0 Å². The Morgan fingerprint density at radius 1 is 1.00 bits per heavy atom. The molecule has 5 heteroatoms. The van der Waals surface area contributed by atoms with Crippen LogP contribution in [-0.2, 0) is 0 Å². The standard InChI is InChI=1S/C23H39F3O2/c1-20(2,28)12-8-14-21(3,13-5-6-16-23(24,25)26)19-11-10-17-18(27)9-7-15-22(17,19)4/h5-6,17-19,27-28H,7-16H2,1-4H3/b6-5-/t17?,18-,19+,21-,22-/m0/s1. The summed E-state index contributed by atoms with van der Waals surface area (Å²) in [6.45, 7) is 8.12. The van der Waals surface area contributed by atoms with Crippen LogP contribution in [0.25, 0.3) is 0 Å². The van der Waals surface area contributed by atoms with Crippen molar-refractivity contribution in [3.8, 4) is 0 Å². The van der Waals surface area contributed by atoms with Crippen LogP contribution < -0.4 is 0 Å². The van der Waals surface area contributed by atoms with Gasteiger partial charge in [0.1, 0.15) is 0 Å². The molecule has 0 aromatic carbocycles. The summed E-state index contributed by atoms with van der Waals surface area (Å²) in [7, 11) is 0. The molecular formula is C23H39F3O2. The number of halogens is 3. The minimum atomic E-state index is -4.16. The Kier molecular flexibility index (Phi) is 7.35. The summed E-state index contributed by atoms with van der Waals surface area (Å²) in [5.41, 5.74) is -0.789. The van der Waals surface area contributed by atoms with E-state index in [2.05, 4.69) is 13.8 Å². The van der Waals surface area contributed by atoms with E-state index >= 15 is 0 Å². The molecule has 0 amide bonds. The van der Waals surface area contributed by atoms with Gasteiger partial charge in [0.2, 0.25) is 0 Å². The Hall–Kier alpha value is -0.550. The summed E-state index contributed by atoms with van der Waals surface area (Å²) in [6.07, 6.45) is 5.76. The highest BCUT2D eigenvalue weighted by atomic mass is 19.4. The fourth-order valence-corrected chi connectivity index (χ4v) is 6.21. The number of hydrogen-bond donors (Lipinski definition) is 2. The van der Waals surface area contributed by atoms with E-state index in [0.717, 1.165) is 44.9 Å². The van der Waals surface area contributed by atoms with Gasteiger partial charge in [-0.2, -0.15) is 13.2 Å². The first kappa shape index (κ1) is 23.7. The van der Waals surface area contributed by atoms with Crippen molar-refractivity contribution in [2.45, 2.75) is 110 Å². The van der Waals surface area contributed by atoms with Gasteiger partial charge in [0.25, 0.3) is 0 Å². The summed E-state index contributed by atoms with van der Waals surface area (Å²) in [4.78, 5) is 0. The second kappa shape index (κ2) is 8.67. The molecule has 2 fully saturated rings. The third-order valence-corrected chi connectivity index (χ3v) is 7.57. The lowest BCUT2D eigenvalue weighted by Gasteiger charge is -2.50. The summed E-state index contributed by atoms with van der Waals surface area (Å²) in [5.74, 6) is 0.691. The second-order valence-electron chi connectivity index (χ2n) is 10.5. The van der Waals surface area contributed by atoms with E-state index in [1.165, 1.54) is 6.08 Å². The Balaban J connectivity index is 2.17. The summed E-state index contributed by atoms with van der Waals surface area (Å²) < 4.78 is 37.6. The van der Waals surface area contributed by atoms with E-state index < -0.39 is 18.2 Å². The third-order valence-electron chi connectivity index (χ3n) is 7.57. The number of allylic oxidation sites excluding steroid dienone is 2. The van der Waals surface area contributed by atoms with E-state index in [-0.39, 0.29) is 16.9 Å². The number of fused-ring (bicyclic) bond motifs is 1. The number of aliphatic hydroxyl groups is 2. The molecular weight excluding hydrogens is 365 g/mol. The van der Waals surface area contributed by atoms with Gasteiger partial charge in [0.05, 0.1) is 18.1 Å². The molecule has 0 aliphatic heterocycles. The predicted octanol–water partition coefficient (Wildman–Crippen LogP) is 6.41. The van der Waals surface area contributed by atoms with Crippen LogP contribution in [0.4, 0.5) is 13.2 Å². The maximum atomic E-state index is 12.5. The number of aliphatic hydroxyl groups excluding tert-OH is 1. The Morgan fingerprint density at radius 2 is 1.64 bits per heavy atom. The molecule has 2 saturated carbocycles. The quantitative estimate of drug-likeness (QED) is 0.459. The Morgan fingerprint density at radius 3 is 2.25 bits per heavy atom. The Bertz CT molecular complexity index is 537. The molecule has 164 valence electrons. The van der Waals surface area contributed by atoms with E-state index in [4.69, 9.17) is 0 Å².